The van der Waals surface area contributed by atoms with Crippen molar-refractivity contribution in [1.82, 2.24) is 66.1 Å². The van der Waals surface area contributed by atoms with Crippen molar-refractivity contribution in [2.45, 2.75) is 51.5 Å². The molecule has 4 aromatic carbocycles. The van der Waals surface area contributed by atoms with E-state index in [9.17, 15) is 18.4 Å². The first-order valence-electron chi connectivity index (χ1n) is 20.9. The van der Waals surface area contributed by atoms with Crippen molar-refractivity contribution in [3.63, 3.8) is 0 Å². The summed E-state index contributed by atoms with van der Waals surface area (Å²) in [5.41, 5.74) is 7.30. The van der Waals surface area contributed by atoms with Crippen molar-refractivity contribution in [1.29, 1.82) is 0 Å². The third kappa shape index (κ3) is 11.5. The van der Waals surface area contributed by atoms with Crippen LogP contribution in [-0.2, 0) is 48.7 Å². The summed E-state index contributed by atoms with van der Waals surface area (Å²) in [6.07, 6.45) is 8.12. The van der Waals surface area contributed by atoms with E-state index in [1.165, 1.54) is 21.9 Å². The molecule has 2 fully saturated rings. The molecule has 23 heteroatoms. The van der Waals surface area contributed by atoms with Gasteiger partial charge in [0.1, 0.15) is 42.6 Å². The van der Waals surface area contributed by atoms with Crippen LogP contribution in [0.5, 0.6) is 0 Å². The topological polar surface area (TPSA) is 232 Å². The number of H-pyrrole nitrogens is 2. The Kier molecular flexibility index (Phi) is 14.5. The molecule has 6 heterocycles. The number of rotatable bonds is 16. The molecule has 0 spiro atoms. The van der Waals surface area contributed by atoms with E-state index in [1.54, 1.807) is 70.8 Å². The fraction of sp³-hybridized carbons (Fsp3) is 0.227. The summed E-state index contributed by atoms with van der Waals surface area (Å²) in [7, 11) is 0. The fourth-order valence-corrected chi connectivity index (χ4v) is 7.52. The SMILES string of the molecule is O=C1O[C@@H](Cn2ccnn2)CN1c1ccc(-c2ccc(CNCc3cn[nH]n3)cc2)c(F)c1.O=C1O[C@@H](Cn2ccnn2)CN1c1ccc(-c2ccc(C[NH2+]Cc3cn[nH]n3)cc2)c(F)c1.[Cl-]. The number of cyclic esters (lactones) is 2. The molecule has 344 valence electrons. The number of carbonyl (C=O) groups excluding carboxylic acids is 2. The molecule has 2 atom stereocenters. The minimum absolute atomic E-state index is 0. The number of hydrogen-bond acceptors (Lipinski definition) is 13. The average molecular weight is 933 g/mol. The Bertz CT molecular complexity index is 2620. The number of aromatic amines is 2. The first kappa shape index (κ1) is 45.6. The zero-order valence-corrected chi connectivity index (χ0v) is 36.3. The van der Waals surface area contributed by atoms with E-state index >= 15 is 0 Å². The summed E-state index contributed by atoms with van der Waals surface area (Å²) in [6.45, 7) is 4.18. The second-order valence-electron chi connectivity index (χ2n) is 15.4. The van der Waals surface area contributed by atoms with Crippen LogP contribution in [-0.4, -0.2) is 98.3 Å². The van der Waals surface area contributed by atoms with Crippen LogP contribution >= 0.6 is 0 Å². The molecule has 4 aromatic heterocycles. The number of nitrogens with two attached hydrogens (primary N) is 1. The number of aromatic nitrogens is 12. The summed E-state index contributed by atoms with van der Waals surface area (Å²) in [6, 6.07) is 25.0. The highest BCUT2D eigenvalue weighted by molar-refractivity contribution is 5.91. The second kappa shape index (κ2) is 21.4. The van der Waals surface area contributed by atoms with Crippen LogP contribution in [0, 0.1) is 11.6 Å². The number of nitrogens with one attached hydrogen (secondary N) is 3. The zero-order valence-electron chi connectivity index (χ0n) is 35.6. The normalized spacial score (nSPS) is 15.5. The van der Waals surface area contributed by atoms with Crippen LogP contribution in [0.3, 0.4) is 0 Å². The van der Waals surface area contributed by atoms with Crippen LogP contribution in [0.25, 0.3) is 22.3 Å². The van der Waals surface area contributed by atoms with Gasteiger partial charge in [0.05, 0.1) is 68.0 Å². The monoisotopic (exact) mass is 932 g/mol. The predicted octanol–water partition coefficient (Wildman–Crippen LogP) is 1.01. The molecule has 0 bridgehead atoms. The van der Waals surface area contributed by atoms with Crippen molar-refractivity contribution in [3.8, 4) is 22.3 Å². The maximum absolute atomic E-state index is 15.0. The van der Waals surface area contributed by atoms with Crippen molar-refractivity contribution < 1.29 is 45.6 Å². The van der Waals surface area contributed by atoms with Crippen LogP contribution in [0.15, 0.2) is 122 Å². The smallest absolute Gasteiger partial charge is 0.414 e. The molecule has 2 saturated heterocycles. The van der Waals surface area contributed by atoms with E-state index in [0.717, 1.165) is 46.7 Å². The Morgan fingerprint density at radius 3 is 1.61 bits per heavy atom. The van der Waals surface area contributed by atoms with Gasteiger partial charge in [-0.1, -0.05) is 59.0 Å². The maximum Gasteiger partial charge on any atom is 0.414 e. The number of carbonyl (C=O) groups is 2. The van der Waals surface area contributed by atoms with Gasteiger partial charge in [0.25, 0.3) is 0 Å². The fourth-order valence-electron chi connectivity index (χ4n) is 7.52. The Hall–Kier alpha value is -7.95. The van der Waals surface area contributed by atoms with E-state index in [1.807, 2.05) is 48.5 Å². The summed E-state index contributed by atoms with van der Waals surface area (Å²) in [5, 5.41) is 41.4. The van der Waals surface area contributed by atoms with Gasteiger partial charge in [0.2, 0.25) is 0 Å². The molecule has 0 radical (unpaired) electrons. The van der Waals surface area contributed by atoms with Crippen molar-refractivity contribution in [2.75, 3.05) is 22.9 Å². The third-order valence-electron chi connectivity index (χ3n) is 10.8. The van der Waals surface area contributed by atoms with E-state index in [-0.39, 0.29) is 24.6 Å². The van der Waals surface area contributed by atoms with Gasteiger partial charge >= 0.3 is 12.2 Å². The minimum atomic E-state index is -0.505. The van der Waals surface area contributed by atoms with Gasteiger partial charge in [-0.2, -0.15) is 30.8 Å². The Morgan fingerprint density at radius 1 is 0.642 bits per heavy atom. The van der Waals surface area contributed by atoms with Crippen molar-refractivity contribution in [3.05, 3.63) is 156 Å². The maximum atomic E-state index is 15.0. The molecule has 2 aliphatic heterocycles. The standard InChI is InChI=1S/2C22H21FN8O2.ClH/c2*23-21-9-18(31-14-19(33-22(31)32)13-30-8-7-25-29-30)5-6-20(21)16-3-1-15(2-4-16)10-24-11-17-12-26-28-27-17;/h2*1-9,12,19,24H,10-11,13-14H2,(H,26,27,28);1H/t2*19-;/m00./s1. The van der Waals surface area contributed by atoms with Gasteiger partial charge in [-0.15, -0.1) is 10.2 Å². The lowest BCUT2D eigenvalue weighted by Crippen LogP contribution is -3.00. The lowest BCUT2D eigenvalue weighted by molar-refractivity contribution is -0.686. The quantitative estimate of drug-likeness (QED) is 0.106. The van der Waals surface area contributed by atoms with Gasteiger partial charge < -0.3 is 32.5 Å². The van der Waals surface area contributed by atoms with Gasteiger partial charge in [0.15, 0.2) is 0 Å². The highest BCUT2D eigenvalue weighted by atomic mass is 35.5. The number of quaternary nitrogens is 1. The van der Waals surface area contributed by atoms with E-state index in [2.05, 4.69) is 62.1 Å². The molecule has 0 unspecified atom stereocenters. The molecule has 0 aliphatic carbocycles. The van der Waals surface area contributed by atoms with Crippen molar-refractivity contribution in [2.24, 2.45) is 0 Å². The number of hydrogen-bond donors (Lipinski definition) is 4. The highest BCUT2D eigenvalue weighted by Gasteiger charge is 2.34. The van der Waals surface area contributed by atoms with E-state index in [0.29, 0.717) is 61.8 Å². The molecule has 10 rings (SSSR count). The van der Waals surface area contributed by atoms with Gasteiger partial charge in [-0.25, -0.2) is 27.7 Å². The van der Waals surface area contributed by atoms with Gasteiger partial charge in [-0.05, 0) is 53.1 Å². The number of benzene rings is 4. The first-order valence-corrected chi connectivity index (χ1v) is 20.9. The van der Waals surface area contributed by atoms with E-state index < -0.39 is 23.8 Å². The first-order chi connectivity index (χ1) is 32.3. The van der Waals surface area contributed by atoms with Crippen LogP contribution in [0.1, 0.15) is 22.5 Å². The molecular formula is C44H43ClF2N16O4. The molecule has 0 saturated carbocycles. The summed E-state index contributed by atoms with van der Waals surface area (Å²) in [4.78, 5) is 27.5. The predicted molar refractivity (Wildman–Crippen MR) is 232 cm³/mol. The number of nitrogens with zero attached hydrogens (tertiary/aromatic N) is 12. The Labute approximate surface area is 387 Å². The van der Waals surface area contributed by atoms with Crippen LogP contribution in [0.4, 0.5) is 29.7 Å². The number of amides is 2. The Balaban J connectivity index is 0.000000179. The van der Waals surface area contributed by atoms with Crippen LogP contribution < -0.4 is 32.8 Å². The molecular weight excluding hydrogens is 890 g/mol. The van der Waals surface area contributed by atoms with E-state index in [4.69, 9.17) is 9.47 Å². The summed E-state index contributed by atoms with van der Waals surface area (Å²) < 4.78 is 43.9. The van der Waals surface area contributed by atoms with Crippen LogP contribution in [0.2, 0.25) is 0 Å². The minimum Gasteiger partial charge on any atom is -1.00 e. The van der Waals surface area contributed by atoms with Gasteiger partial charge in [0, 0.05) is 42.2 Å². The van der Waals surface area contributed by atoms with Gasteiger partial charge in [-0.3, -0.25) is 9.80 Å². The summed E-state index contributed by atoms with van der Waals surface area (Å²) in [5.74, 6) is -0.803. The number of ether oxygens (including phenoxy) is 2. The lowest BCUT2D eigenvalue weighted by atomic mass is 10.0. The largest absolute Gasteiger partial charge is 1.00 e. The molecule has 67 heavy (non-hydrogen) atoms. The zero-order chi connectivity index (χ0) is 45.2. The molecule has 5 N–H and O–H groups in total. The second-order valence-corrected chi connectivity index (χ2v) is 15.4. The third-order valence-corrected chi connectivity index (χ3v) is 10.8. The number of anilines is 2. The average Bonchev–Trinajstić information content (AvgIpc) is 4.19. The summed E-state index contributed by atoms with van der Waals surface area (Å²) >= 11 is 0. The van der Waals surface area contributed by atoms with Crippen molar-refractivity contribution >= 4 is 23.6 Å². The number of halogens is 3. The Morgan fingerprint density at radius 2 is 1.15 bits per heavy atom. The molecule has 8 aromatic rings. The molecule has 2 aliphatic rings. The lowest BCUT2D eigenvalue weighted by Gasteiger charge is -2.14. The molecule has 20 nitrogen and oxygen atoms in total. The molecule has 2 amide bonds. The highest BCUT2D eigenvalue weighted by Crippen LogP contribution is 2.31.